The summed E-state index contributed by atoms with van der Waals surface area (Å²) in [6.07, 6.45) is 0. The van der Waals surface area contributed by atoms with Crippen molar-refractivity contribution in [3.8, 4) is 0 Å². The first-order valence-corrected chi connectivity index (χ1v) is 5.25. The van der Waals surface area contributed by atoms with Crippen LogP contribution in [0.4, 0.5) is 0 Å². The second-order valence-electron chi connectivity index (χ2n) is 1.15. The van der Waals surface area contributed by atoms with E-state index in [1.54, 1.807) is 0 Å². The summed E-state index contributed by atoms with van der Waals surface area (Å²) in [5, 5.41) is 7.42. The molecule has 0 aliphatic heterocycles. The van der Waals surface area contributed by atoms with Crippen LogP contribution < -0.4 is 17.5 Å². The monoisotopic (exact) mass is 230 g/mol. The Morgan fingerprint density at radius 2 is 1.33 bits per heavy atom. The fraction of sp³-hybridized carbons (Fsp3) is 0.500. The van der Waals surface area contributed by atoms with Gasteiger partial charge in [0.1, 0.15) is 0 Å². The van der Waals surface area contributed by atoms with Gasteiger partial charge in [-0.05, 0) is 0 Å². The molecule has 7 heteroatoms. The maximum atomic E-state index is 9.00. The van der Waals surface area contributed by atoms with Gasteiger partial charge in [0.2, 0.25) is 0 Å². The first kappa shape index (κ1) is 11.7. The van der Waals surface area contributed by atoms with Crippen molar-refractivity contribution in [3.05, 3.63) is 0 Å². The van der Waals surface area contributed by atoms with Crippen LogP contribution in [0.1, 0.15) is 6.92 Å². The molecule has 0 saturated heterocycles. The van der Waals surface area contributed by atoms with Crippen LogP contribution in [0.3, 0.4) is 0 Å². The van der Waals surface area contributed by atoms with Crippen molar-refractivity contribution in [1.82, 2.24) is 0 Å². The molecule has 62 valence electrons. The molecule has 0 rings (SSSR count). The Bertz CT molecular complexity index is 79.1. The molecule has 0 unspecified atom stereocenters. The molecular formula is C2H12N4O2Pd. The molecule has 0 fully saturated rings. The minimum atomic E-state index is -2.70. The normalized spacial score (nSPS) is 11.2. The van der Waals surface area contributed by atoms with Gasteiger partial charge in [-0.2, -0.15) is 0 Å². The molecule has 9 heavy (non-hydrogen) atoms. The summed E-state index contributed by atoms with van der Waals surface area (Å²) >= 11 is -2.70. The molecule has 0 atom stereocenters. The zero-order chi connectivity index (χ0) is 8.08. The van der Waals surface area contributed by atoms with Crippen LogP contribution in [-0.2, 0) is 21.3 Å². The van der Waals surface area contributed by atoms with Crippen LogP contribution in [0.15, 0.2) is 0 Å². The third kappa shape index (κ3) is 372000. The fourth-order valence-electron chi connectivity index (χ4n) is 0. The third-order valence-corrected chi connectivity index (χ3v) is 0. The summed E-state index contributed by atoms with van der Waals surface area (Å²) in [6.45, 7) is 1.08. The summed E-state index contributed by atoms with van der Waals surface area (Å²) in [6, 6.07) is 0. The van der Waals surface area contributed by atoms with Crippen LogP contribution in [0, 0.1) is 0 Å². The number of aliphatic carboxylic acids is 1. The van der Waals surface area contributed by atoms with E-state index in [2.05, 4.69) is 0 Å². The second-order valence-corrected chi connectivity index (χ2v) is 4.26. The molecular weight excluding hydrogens is 218 g/mol. The van der Waals surface area contributed by atoms with Crippen LogP contribution in [-0.4, -0.2) is 11.1 Å². The van der Waals surface area contributed by atoms with Gasteiger partial charge in [-0.25, -0.2) is 0 Å². The average Bonchev–Trinajstić information content (AvgIpc) is 1.19. The zero-order valence-corrected chi connectivity index (χ0v) is 6.54. The molecule has 0 aromatic carbocycles. The van der Waals surface area contributed by atoms with Gasteiger partial charge in [0.15, 0.2) is 0 Å². The average molecular weight is 231 g/mol. The van der Waals surface area contributed by atoms with E-state index in [1.807, 2.05) is 0 Å². The predicted molar refractivity (Wildman–Crippen MR) is 30.1 cm³/mol. The van der Waals surface area contributed by atoms with E-state index in [-0.39, 0.29) is 0 Å². The van der Waals surface area contributed by atoms with E-state index in [0.29, 0.717) is 0 Å². The van der Waals surface area contributed by atoms with Crippen LogP contribution in [0.5, 0.6) is 0 Å². The van der Waals surface area contributed by atoms with Gasteiger partial charge in [0, 0.05) is 6.92 Å². The molecule has 0 aromatic heterocycles. The first-order valence-electron chi connectivity index (χ1n) is 1.66. The molecule has 0 amide bonds. The molecule has 0 heterocycles. The summed E-state index contributed by atoms with van der Waals surface area (Å²) in [5.41, 5.74) is 0. The summed E-state index contributed by atoms with van der Waals surface area (Å²) < 4.78 is 19.4. The second kappa shape index (κ2) is 4.81. The standard InChI is InChI=1S/C2H4O2.4H2N.Pd/c1-2(3)4;;;;;/h1H3,(H,3,4);4*1H2;/q;4*-1;+4. The third-order valence-electron chi connectivity index (χ3n) is 0. The van der Waals surface area contributed by atoms with Gasteiger partial charge in [-0.15, -0.1) is 0 Å². The van der Waals surface area contributed by atoms with E-state index >= 15 is 0 Å². The quantitative estimate of drug-likeness (QED) is 0.297. The molecule has 9 N–H and O–H groups in total. The number of nitrogens with two attached hydrogens (primary N) is 4. The van der Waals surface area contributed by atoms with Crippen molar-refractivity contribution in [1.29, 1.82) is 0 Å². The summed E-state index contributed by atoms with van der Waals surface area (Å²) in [4.78, 5) is 9.00. The number of carboxylic acid groups (broad SMARTS) is 1. The van der Waals surface area contributed by atoms with Crippen molar-refractivity contribution >= 4 is 5.97 Å². The first-order chi connectivity index (χ1) is 3.73. The number of rotatable bonds is 0. The number of hydrogen-bond donors (Lipinski definition) is 5. The molecule has 0 spiro atoms. The van der Waals surface area contributed by atoms with Gasteiger partial charge in [-0.3, -0.25) is 4.79 Å². The maximum absolute atomic E-state index is 9.00. The summed E-state index contributed by atoms with van der Waals surface area (Å²) in [5.74, 6) is -0.833. The SMILES string of the molecule is CC(=O)O.[NH2][Pd]([NH2])([NH2])[NH2]. The van der Waals surface area contributed by atoms with Crippen molar-refractivity contribution < 1.29 is 26.4 Å². The Morgan fingerprint density at radius 1 is 1.33 bits per heavy atom. The Morgan fingerprint density at radius 3 is 1.33 bits per heavy atom. The van der Waals surface area contributed by atoms with Crippen molar-refractivity contribution in [3.63, 3.8) is 0 Å². The predicted octanol–water partition coefficient (Wildman–Crippen LogP) is -2.27. The Balaban J connectivity index is 0. The van der Waals surface area contributed by atoms with Gasteiger partial charge < -0.3 is 5.11 Å². The van der Waals surface area contributed by atoms with Gasteiger partial charge in [0.05, 0.1) is 0 Å². The van der Waals surface area contributed by atoms with Crippen LogP contribution >= 0.6 is 0 Å². The molecule has 0 radical (unpaired) electrons. The minimum absolute atomic E-state index is 0.833. The summed E-state index contributed by atoms with van der Waals surface area (Å²) in [7, 11) is 0. The van der Waals surface area contributed by atoms with Gasteiger partial charge in [-0.1, -0.05) is 0 Å². The molecule has 6 nitrogen and oxygen atoms in total. The Kier molecular flexibility index (Phi) is 6.27. The van der Waals surface area contributed by atoms with E-state index in [1.165, 1.54) is 0 Å². The Labute approximate surface area is 57.3 Å². The molecule has 0 saturated carbocycles. The van der Waals surface area contributed by atoms with E-state index in [0.717, 1.165) is 6.92 Å². The molecule has 0 aromatic rings. The van der Waals surface area contributed by atoms with E-state index in [4.69, 9.17) is 27.4 Å². The number of carboxylic acids is 1. The molecule has 0 bridgehead atoms. The van der Waals surface area contributed by atoms with E-state index < -0.39 is 22.5 Å². The van der Waals surface area contributed by atoms with Gasteiger partial charge >= 0.3 is 34.0 Å². The topological polar surface area (TPSA) is 141 Å². The molecule has 0 aliphatic carbocycles. The molecule has 0 aliphatic rings. The van der Waals surface area contributed by atoms with Crippen LogP contribution in [0.2, 0.25) is 0 Å². The van der Waals surface area contributed by atoms with Crippen molar-refractivity contribution in [2.45, 2.75) is 6.92 Å². The van der Waals surface area contributed by atoms with Crippen LogP contribution in [0.25, 0.3) is 0 Å². The Hall–Kier alpha value is -0.0277. The number of carbonyl (C=O) groups is 1. The van der Waals surface area contributed by atoms with Crippen molar-refractivity contribution in [2.24, 2.45) is 17.5 Å². The fourth-order valence-corrected chi connectivity index (χ4v) is 0. The van der Waals surface area contributed by atoms with Crippen molar-refractivity contribution in [2.75, 3.05) is 0 Å². The van der Waals surface area contributed by atoms with Gasteiger partial charge in [0.25, 0.3) is 5.97 Å². The van der Waals surface area contributed by atoms with E-state index in [9.17, 15) is 0 Å². The zero-order valence-electron chi connectivity index (χ0n) is 4.98. The number of hydrogen-bond acceptors (Lipinski definition) is 5.